The molecule has 0 aliphatic carbocycles. The summed E-state index contributed by atoms with van der Waals surface area (Å²) in [5.41, 5.74) is 2.45. The molecule has 0 N–H and O–H groups in total. The summed E-state index contributed by atoms with van der Waals surface area (Å²) in [4.78, 5) is 11.4. The van der Waals surface area contributed by atoms with E-state index in [9.17, 15) is 4.79 Å². The Morgan fingerprint density at radius 1 is 1.22 bits per heavy atom. The van der Waals surface area contributed by atoms with Gasteiger partial charge in [-0.25, -0.2) is 0 Å². The minimum Gasteiger partial charge on any atom is -0.466 e. The lowest BCUT2D eigenvalue weighted by Gasteiger charge is -2.07. The maximum Gasteiger partial charge on any atom is 0.306 e. The second kappa shape index (κ2) is 5.67. The molecule has 2 aromatic rings. The van der Waals surface area contributed by atoms with Gasteiger partial charge in [0.05, 0.1) is 6.61 Å². The summed E-state index contributed by atoms with van der Waals surface area (Å²) in [6.07, 6.45) is 1.18. The second-order valence-electron chi connectivity index (χ2n) is 4.45. The van der Waals surface area contributed by atoms with E-state index in [1.807, 2.05) is 13.0 Å². The highest BCUT2D eigenvalue weighted by Gasteiger charge is 2.05. The third kappa shape index (κ3) is 2.89. The Hall–Kier alpha value is -1.83. The highest BCUT2D eigenvalue weighted by molar-refractivity contribution is 5.86. The summed E-state index contributed by atoms with van der Waals surface area (Å²) in [7, 11) is 0. The molecule has 2 rings (SSSR count). The molecule has 2 heteroatoms. The zero-order chi connectivity index (χ0) is 13.0. The van der Waals surface area contributed by atoms with Crippen LogP contribution in [0.4, 0.5) is 0 Å². The highest BCUT2D eigenvalue weighted by atomic mass is 16.5. The van der Waals surface area contributed by atoms with Crippen LogP contribution in [0.2, 0.25) is 0 Å². The fraction of sp³-hybridized carbons (Fsp3) is 0.312. The van der Waals surface area contributed by atoms with E-state index in [2.05, 4.69) is 37.3 Å². The molecule has 94 valence electrons. The van der Waals surface area contributed by atoms with E-state index in [0.717, 1.165) is 6.42 Å². The van der Waals surface area contributed by atoms with Gasteiger partial charge in [0.15, 0.2) is 0 Å². The first-order valence-electron chi connectivity index (χ1n) is 6.34. The van der Waals surface area contributed by atoms with E-state index in [1.54, 1.807) is 0 Å². The van der Waals surface area contributed by atoms with Gasteiger partial charge in [-0.1, -0.05) is 42.0 Å². The van der Waals surface area contributed by atoms with Gasteiger partial charge >= 0.3 is 5.97 Å². The SMILES string of the molecule is CCOC(=O)CCc1cccc2ccc(C)cc12. The summed E-state index contributed by atoms with van der Waals surface area (Å²) in [6, 6.07) is 12.6. The topological polar surface area (TPSA) is 26.3 Å². The molecule has 18 heavy (non-hydrogen) atoms. The molecule has 0 unspecified atom stereocenters. The Morgan fingerprint density at radius 3 is 2.83 bits per heavy atom. The molecule has 0 atom stereocenters. The van der Waals surface area contributed by atoms with E-state index in [-0.39, 0.29) is 5.97 Å². The molecular weight excluding hydrogens is 224 g/mol. The minimum atomic E-state index is -0.123. The Balaban J connectivity index is 2.22. The molecule has 2 aromatic carbocycles. The molecule has 0 amide bonds. The lowest BCUT2D eigenvalue weighted by Crippen LogP contribution is -2.05. The summed E-state index contributed by atoms with van der Waals surface area (Å²) >= 11 is 0. The van der Waals surface area contributed by atoms with Crippen LogP contribution in [-0.4, -0.2) is 12.6 Å². The lowest BCUT2D eigenvalue weighted by molar-refractivity contribution is -0.143. The monoisotopic (exact) mass is 242 g/mol. The molecule has 0 saturated carbocycles. The van der Waals surface area contributed by atoms with Crippen molar-refractivity contribution in [3.63, 3.8) is 0 Å². The number of fused-ring (bicyclic) bond motifs is 1. The van der Waals surface area contributed by atoms with Crippen LogP contribution >= 0.6 is 0 Å². The van der Waals surface area contributed by atoms with Crippen molar-refractivity contribution in [2.45, 2.75) is 26.7 Å². The fourth-order valence-corrected chi connectivity index (χ4v) is 2.14. The van der Waals surface area contributed by atoms with Crippen molar-refractivity contribution < 1.29 is 9.53 Å². The van der Waals surface area contributed by atoms with Crippen LogP contribution in [0.25, 0.3) is 10.8 Å². The van der Waals surface area contributed by atoms with Gasteiger partial charge in [0, 0.05) is 6.42 Å². The maximum atomic E-state index is 11.4. The van der Waals surface area contributed by atoms with Gasteiger partial charge in [-0.2, -0.15) is 0 Å². The standard InChI is InChI=1S/C16H18O2/c1-3-18-16(17)10-9-14-6-4-5-13-8-7-12(2)11-15(13)14/h4-8,11H,3,9-10H2,1-2H3. The minimum absolute atomic E-state index is 0.123. The van der Waals surface area contributed by atoms with Gasteiger partial charge < -0.3 is 4.74 Å². The summed E-state index contributed by atoms with van der Waals surface area (Å²) in [5.74, 6) is -0.123. The van der Waals surface area contributed by atoms with Crippen LogP contribution in [0.15, 0.2) is 36.4 Å². The van der Waals surface area contributed by atoms with Crippen LogP contribution in [0.5, 0.6) is 0 Å². The van der Waals surface area contributed by atoms with Crippen LogP contribution in [-0.2, 0) is 16.0 Å². The highest BCUT2D eigenvalue weighted by Crippen LogP contribution is 2.21. The van der Waals surface area contributed by atoms with Crippen molar-refractivity contribution in [2.75, 3.05) is 6.61 Å². The van der Waals surface area contributed by atoms with E-state index >= 15 is 0 Å². The predicted molar refractivity (Wildman–Crippen MR) is 73.6 cm³/mol. The van der Waals surface area contributed by atoms with Crippen LogP contribution in [0, 0.1) is 6.92 Å². The van der Waals surface area contributed by atoms with Gasteiger partial charge in [-0.15, -0.1) is 0 Å². The average molecular weight is 242 g/mol. The Kier molecular flexibility index (Phi) is 3.98. The number of carbonyl (C=O) groups excluding carboxylic acids is 1. The second-order valence-corrected chi connectivity index (χ2v) is 4.45. The first-order chi connectivity index (χ1) is 8.70. The summed E-state index contributed by atoms with van der Waals surface area (Å²) in [6.45, 7) is 4.37. The van der Waals surface area contributed by atoms with Gasteiger partial charge in [0.1, 0.15) is 0 Å². The molecule has 0 aliphatic heterocycles. The molecule has 0 radical (unpaired) electrons. The molecule has 0 bridgehead atoms. The van der Waals surface area contributed by atoms with E-state index in [4.69, 9.17) is 4.74 Å². The van der Waals surface area contributed by atoms with E-state index in [0.29, 0.717) is 13.0 Å². The maximum absolute atomic E-state index is 11.4. The normalized spacial score (nSPS) is 10.6. The Morgan fingerprint density at radius 2 is 2.06 bits per heavy atom. The van der Waals surface area contributed by atoms with Crippen LogP contribution < -0.4 is 0 Å². The summed E-state index contributed by atoms with van der Waals surface area (Å²) < 4.78 is 4.96. The van der Waals surface area contributed by atoms with Gasteiger partial charge in [0.2, 0.25) is 0 Å². The van der Waals surface area contributed by atoms with Crippen molar-refractivity contribution in [2.24, 2.45) is 0 Å². The van der Waals surface area contributed by atoms with E-state index < -0.39 is 0 Å². The first-order valence-corrected chi connectivity index (χ1v) is 6.34. The number of ether oxygens (including phenoxy) is 1. The molecule has 0 fully saturated rings. The van der Waals surface area contributed by atoms with Gasteiger partial charge in [-0.05, 0) is 36.6 Å². The fourth-order valence-electron chi connectivity index (χ4n) is 2.14. The van der Waals surface area contributed by atoms with Gasteiger partial charge in [-0.3, -0.25) is 4.79 Å². The van der Waals surface area contributed by atoms with Gasteiger partial charge in [0.25, 0.3) is 0 Å². The third-order valence-electron chi connectivity index (χ3n) is 3.03. The molecule has 2 nitrogen and oxygen atoms in total. The molecule has 0 aliphatic rings. The number of hydrogen-bond acceptors (Lipinski definition) is 2. The number of hydrogen-bond donors (Lipinski definition) is 0. The van der Waals surface area contributed by atoms with Crippen molar-refractivity contribution >= 4 is 16.7 Å². The molecular formula is C16H18O2. The third-order valence-corrected chi connectivity index (χ3v) is 3.03. The first kappa shape index (κ1) is 12.6. The van der Waals surface area contributed by atoms with Crippen LogP contribution in [0.3, 0.4) is 0 Å². The quantitative estimate of drug-likeness (QED) is 0.765. The average Bonchev–Trinajstić information content (AvgIpc) is 2.36. The largest absolute Gasteiger partial charge is 0.466 e. The smallest absolute Gasteiger partial charge is 0.306 e. The van der Waals surface area contributed by atoms with E-state index in [1.165, 1.54) is 21.9 Å². The number of carbonyl (C=O) groups is 1. The Labute approximate surface area is 108 Å². The van der Waals surface area contributed by atoms with Crippen molar-refractivity contribution in [3.05, 3.63) is 47.5 Å². The predicted octanol–water partition coefficient (Wildman–Crippen LogP) is 3.64. The zero-order valence-corrected chi connectivity index (χ0v) is 10.9. The molecule has 0 aromatic heterocycles. The number of rotatable bonds is 4. The number of esters is 1. The molecule has 0 saturated heterocycles. The molecule has 0 heterocycles. The van der Waals surface area contributed by atoms with Crippen molar-refractivity contribution in [1.82, 2.24) is 0 Å². The van der Waals surface area contributed by atoms with Crippen molar-refractivity contribution in [1.29, 1.82) is 0 Å². The Bertz CT molecular complexity index is 558. The summed E-state index contributed by atoms with van der Waals surface area (Å²) in [5, 5.41) is 2.46. The molecule has 0 spiro atoms. The van der Waals surface area contributed by atoms with Crippen LogP contribution in [0.1, 0.15) is 24.5 Å². The number of benzene rings is 2. The van der Waals surface area contributed by atoms with Crippen molar-refractivity contribution in [3.8, 4) is 0 Å². The lowest BCUT2D eigenvalue weighted by atomic mass is 9.99. The zero-order valence-electron chi connectivity index (χ0n) is 10.9. The number of aryl methyl sites for hydroxylation is 2.